The van der Waals surface area contributed by atoms with Crippen molar-refractivity contribution >= 4 is 5.69 Å². The number of nitrogens with two attached hydrogens (primary N) is 1. The van der Waals surface area contributed by atoms with Crippen molar-refractivity contribution in [2.24, 2.45) is 5.73 Å². The molecule has 0 aliphatic heterocycles. The lowest BCUT2D eigenvalue weighted by Gasteiger charge is -2.25. The van der Waals surface area contributed by atoms with Gasteiger partial charge in [-0.2, -0.15) is 0 Å². The molecule has 3 rings (SSSR count). The van der Waals surface area contributed by atoms with Crippen molar-refractivity contribution in [1.29, 1.82) is 0 Å². The van der Waals surface area contributed by atoms with E-state index in [4.69, 9.17) is 5.73 Å². The van der Waals surface area contributed by atoms with E-state index >= 15 is 0 Å². The summed E-state index contributed by atoms with van der Waals surface area (Å²) in [6.45, 7) is 1.07. The second-order valence-electron chi connectivity index (χ2n) is 5.32. The number of anilines is 1. The molecule has 104 valence electrons. The largest absolute Gasteiger partial charge is 0.364 e. The summed E-state index contributed by atoms with van der Waals surface area (Å²) < 4.78 is 13.9. The van der Waals surface area contributed by atoms with Crippen LogP contribution in [0.3, 0.4) is 0 Å². The number of benzene rings is 2. The minimum atomic E-state index is -0.205. The average Bonchev–Trinajstić information content (AvgIpc) is 3.30. The monoisotopic (exact) mass is 270 g/mol. The van der Waals surface area contributed by atoms with Gasteiger partial charge in [-0.3, -0.25) is 0 Å². The van der Waals surface area contributed by atoms with Gasteiger partial charge in [0.05, 0.1) is 0 Å². The molecule has 2 nitrogen and oxygen atoms in total. The zero-order chi connectivity index (χ0) is 13.9. The maximum Gasteiger partial charge on any atom is 0.129 e. The Morgan fingerprint density at radius 2 is 1.85 bits per heavy atom. The van der Waals surface area contributed by atoms with Gasteiger partial charge in [0.25, 0.3) is 0 Å². The van der Waals surface area contributed by atoms with E-state index in [1.807, 2.05) is 24.3 Å². The van der Waals surface area contributed by atoms with Gasteiger partial charge in [0.2, 0.25) is 0 Å². The molecule has 0 radical (unpaired) electrons. The van der Waals surface area contributed by atoms with Gasteiger partial charge in [-0.1, -0.05) is 36.4 Å². The summed E-state index contributed by atoms with van der Waals surface area (Å²) in [4.78, 5) is 2.29. The summed E-state index contributed by atoms with van der Waals surface area (Å²) in [6, 6.07) is 16.2. The molecule has 2 aromatic rings. The fraction of sp³-hybridized carbons (Fsp3) is 0.294. The topological polar surface area (TPSA) is 29.3 Å². The molecule has 2 N–H and O–H groups in total. The van der Waals surface area contributed by atoms with E-state index < -0.39 is 0 Å². The number of rotatable bonds is 5. The van der Waals surface area contributed by atoms with Crippen LogP contribution in [-0.4, -0.2) is 6.04 Å². The average molecular weight is 270 g/mol. The molecule has 0 spiro atoms. The lowest BCUT2D eigenvalue weighted by Crippen LogP contribution is -2.25. The molecular formula is C17H19FN2. The molecule has 1 aliphatic carbocycles. The second-order valence-corrected chi connectivity index (χ2v) is 5.32. The summed E-state index contributed by atoms with van der Waals surface area (Å²) in [5.41, 5.74) is 8.29. The van der Waals surface area contributed by atoms with E-state index in [1.165, 1.54) is 18.4 Å². The van der Waals surface area contributed by atoms with Gasteiger partial charge < -0.3 is 10.6 Å². The van der Waals surface area contributed by atoms with Crippen molar-refractivity contribution in [1.82, 2.24) is 0 Å². The number of hydrogen-bond acceptors (Lipinski definition) is 2. The van der Waals surface area contributed by atoms with Crippen LogP contribution in [0.4, 0.5) is 10.1 Å². The maximum absolute atomic E-state index is 13.9. The highest BCUT2D eigenvalue weighted by atomic mass is 19.1. The van der Waals surface area contributed by atoms with Crippen molar-refractivity contribution in [2.45, 2.75) is 32.0 Å². The molecule has 0 amide bonds. The normalized spacial score (nSPS) is 14.3. The number of nitrogens with zero attached hydrogens (tertiary/aromatic N) is 1. The highest BCUT2D eigenvalue weighted by molar-refractivity contribution is 5.51. The van der Waals surface area contributed by atoms with E-state index in [0.29, 0.717) is 11.6 Å². The molecule has 0 unspecified atom stereocenters. The Balaban J connectivity index is 1.85. The van der Waals surface area contributed by atoms with E-state index in [-0.39, 0.29) is 12.4 Å². The SMILES string of the molecule is NCc1ccc(N(Cc2ccccc2)C2CC2)cc1F. The molecule has 0 bridgehead atoms. The van der Waals surface area contributed by atoms with Gasteiger partial charge in [-0.05, 0) is 30.5 Å². The zero-order valence-corrected chi connectivity index (χ0v) is 11.4. The van der Waals surface area contributed by atoms with Gasteiger partial charge in [0.15, 0.2) is 0 Å². The van der Waals surface area contributed by atoms with E-state index in [2.05, 4.69) is 17.0 Å². The Morgan fingerprint density at radius 3 is 2.45 bits per heavy atom. The number of hydrogen-bond donors (Lipinski definition) is 1. The molecule has 0 saturated heterocycles. The highest BCUT2D eigenvalue weighted by Crippen LogP contribution is 2.33. The molecule has 1 fully saturated rings. The first-order valence-corrected chi connectivity index (χ1v) is 7.07. The van der Waals surface area contributed by atoms with Gasteiger partial charge in [-0.15, -0.1) is 0 Å². The Labute approximate surface area is 119 Å². The summed E-state index contributed by atoms with van der Waals surface area (Å²) in [5.74, 6) is -0.205. The van der Waals surface area contributed by atoms with Crippen molar-refractivity contribution < 1.29 is 4.39 Å². The van der Waals surface area contributed by atoms with Gasteiger partial charge in [0, 0.05) is 30.4 Å². The third-order valence-corrected chi connectivity index (χ3v) is 3.77. The van der Waals surface area contributed by atoms with Gasteiger partial charge >= 0.3 is 0 Å². The lowest BCUT2D eigenvalue weighted by molar-refractivity contribution is 0.609. The maximum atomic E-state index is 13.9. The van der Waals surface area contributed by atoms with E-state index in [1.54, 1.807) is 12.1 Å². The summed E-state index contributed by atoms with van der Waals surface area (Å²) in [7, 11) is 0. The third kappa shape index (κ3) is 2.83. The van der Waals surface area contributed by atoms with Crippen LogP contribution in [0.15, 0.2) is 48.5 Å². The summed E-state index contributed by atoms with van der Waals surface area (Å²) in [6.07, 6.45) is 2.38. The van der Waals surface area contributed by atoms with Gasteiger partial charge in [0.1, 0.15) is 5.82 Å². The Morgan fingerprint density at radius 1 is 1.10 bits per heavy atom. The summed E-state index contributed by atoms with van der Waals surface area (Å²) in [5, 5.41) is 0. The van der Waals surface area contributed by atoms with Crippen molar-refractivity contribution in [2.75, 3.05) is 4.90 Å². The molecule has 1 aliphatic rings. The highest BCUT2D eigenvalue weighted by Gasteiger charge is 2.29. The van der Waals surface area contributed by atoms with E-state index in [9.17, 15) is 4.39 Å². The molecule has 20 heavy (non-hydrogen) atoms. The first-order chi connectivity index (χ1) is 9.78. The minimum absolute atomic E-state index is 0.205. The molecule has 0 atom stereocenters. The first-order valence-electron chi connectivity index (χ1n) is 7.07. The first kappa shape index (κ1) is 13.1. The minimum Gasteiger partial charge on any atom is -0.364 e. The number of halogens is 1. The fourth-order valence-corrected chi connectivity index (χ4v) is 2.48. The second kappa shape index (κ2) is 5.63. The van der Waals surface area contributed by atoms with Crippen LogP contribution >= 0.6 is 0 Å². The van der Waals surface area contributed by atoms with Crippen molar-refractivity contribution in [3.63, 3.8) is 0 Å². The zero-order valence-electron chi connectivity index (χ0n) is 11.4. The van der Waals surface area contributed by atoms with Crippen LogP contribution in [0, 0.1) is 5.82 Å². The predicted molar refractivity (Wildman–Crippen MR) is 79.9 cm³/mol. The third-order valence-electron chi connectivity index (χ3n) is 3.77. The van der Waals surface area contributed by atoms with Crippen LogP contribution < -0.4 is 10.6 Å². The van der Waals surface area contributed by atoms with Crippen LogP contribution in [0.25, 0.3) is 0 Å². The smallest absolute Gasteiger partial charge is 0.129 e. The molecular weight excluding hydrogens is 251 g/mol. The van der Waals surface area contributed by atoms with Crippen LogP contribution in [-0.2, 0) is 13.1 Å². The molecule has 1 saturated carbocycles. The molecule has 2 aromatic carbocycles. The molecule has 0 aromatic heterocycles. The van der Waals surface area contributed by atoms with Crippen LogP contribution in [0.1, 0.15) is 24.0 Å². The van der Waals surface area contributed by atoms with E-state index in [0.717, 1.165) is 12.2 Å². The Hall–Kier alpha value is -1.87. The van der Waals surface area contributed by atoms with Gasteiger partial charge in [-0.25, -0.2) is 4.39 Å². The van der Waals surface area contributed by atoms with Crippen LogP contribution in [0.5, 0.6) is 0 Å². The van der Waals surface area contributed by atoms with Crippen LogP contribution in [0.2, 0.25) is 0 Å². The molecule has 3 heteroatoms. The van der Waals surface area contributed by atoms with Crippen molar-refractivity contribution in [3.05, 3.63) is 65.5 Å². The summed E-state index contributed by atoms with van der Waals surface area (Å²) >= 11 is 0. The standard InChI is InChI=1S/C17H19FN2/c18-17-10-16(7-6-14(17)11-19)20(15-8-9-15)12-13-4-2-1-3-5-13/h1-7,10,15H,8-9,11-12,19H2. The predicted octanol–water partition coefficient (Wildman–Crippen LogP) is 3.45. The quantitative estimate of drug-likeness (QED) is 0.901. The Kier molecular flexibility index (Phi) is 3.70. The van der Waals surface area contributed by atoms with Crippen molar-refractivity contribution in [3.8, 4) is 0 Å². The molecule has 0 heterocycles. The lowest BCUT2D eigenvalue weighted by atomic mass is 10.1. The fourth-order valence-electron chi connectivity index (χ4n) is 2.48. The Bertz CT molecular complexity index is 579.